The van der Waals surface area contributed by atoms with Crippen LogP contribution in [0.25, 0.3) is 0 Å². The van der Waals surface area contributed by atoms with Gasteiger partial charge < -0.3 is 0 Å². The van der Waals surface area contributed by atoms with Crippen LogP contribution in [-0.4, -0.2) is 6.21 Å². The smallest absolute Gasteiger partial charge is 0.109 e. The zero-order valence-electron chi connectivity index (χ0n) is 8.72. The molecule has 0 aromatic carbocycles. The first-order chi connectivity index (χ1) is 7.58. The van der Waals surface area contributed by atoms with Crippen molar-refractivity contribution >= 4 is 29.4 Å². The molecule has 1 aliphatic heterocycles. The summed E-state index contributed by atoms with van der Waals surface area (Å²) >= 11 is 12.2. The largest absolute Gasteiger partial charge is 0.253 e. The molecule has 0 atom stereocenters. The Morgan fingerprint density at radius 3 is 2.81 bits per heavy atom. The average molecular weight is 250 g/mol. The summed E-state index contributed by atoms with van der Waals surface area (Å²) < 4.78 is 0. The predicted molar refractivity (Wildman–Crippen MR) is 69.8 cm³/mol. The number of aliphatic imine (C=N–C) groups is 1. The van der Waals surface area contributed by atoms with E-state index in [-0.39, 0.29) is 0 Å². The zero-order chi connectivity index (χ0) is 11.7. The summed E-state index contributed by atoms with van der Waals surface area (Å²) in [6, 6.07) is 0. The third kappa shape index (κ3) is 2.12. The van der Waals surface area contributed by atoms with Crippen LogP contribution in [0, 0.1) is 0 Å². The van der Waals surface area contributed by atoms with E-state index in [2.05, 4.69) is 17.3 Å². The fourth-order valence-electron chi connectivity index (χ4n) is 1.38. The van der Waals surface area contributed by atoms with Crippen molar-refractivity contribution in [2.75, 3.05) is 0 Å². The Morgan fingerprint density at radius 1 is 1.31 bits per heavy atom. The second-order valence-corrected chi connectivity index (χ2v) is 4.32. The molecule has 0 bridgehead atoms. The fraction of sp³-hybridized carbons (Fsp3) is 0.0769. The van der Waals surface area contributed by atoms with Crippen LogP contribution in [0.4, 0.5) is 0 Å². The molecule has 0 unspecified atom stereocenters. The van der Waals surface area contributed by atoms with Gasteiger partial charge in [0, 0.05) is 22.4 Å². The highest BCUT2D eigenvalue weighted by Crippen LogP contribution is 2.29. The second-order valence-electron chi connectivity index (χ2n) is 3.53. The molecular formula is C13H9Cl2N. The summed E-state index contributed by atoms with van der Waals surface area (Å²) in [5, 5.41) is 1.06. The van der Waals surface area contributed by atoms with E-state index in [1.54, 1.807) is 6.21 Å². The van der Waals surface area contributed by atoms with Crippen LogP contribution in [0.3, 0.4) is 0 Å². The Morgan fingerprint density at radius 2 is 2.06 bits per heavy atom. The van der Waals surface area contributed by atoms with E-state index in [1.807, 2.05) is 25.2 Å². The van der Waals surface area contributed by atoms with Gasteiger partial charge in [-0.1, -0.05) is 47.7 Å². The molecule has 0 aromatic heterocycles. The van der Waals surface area contributed by atoms with Crippen LogP contribution in [0.1, 0.15) is 6.92 Å². The monoisotopic (exact) mass is 249 g/mol. The lowest BCUT2D eigenvalue weighted by Gasteiger charge is -1.99. The lowest BCUT2D eigenvalue weighted by molar-refractivity contribution is 1.37. The molecule has 80 valence electrons. The summed E-state index contributed by atoms with van der Waals surface area (Å²) in [7, 11) is 0. The Bertz CT molecular complexity index is 550. The highest BCUT2D eigenvalue weighted by molar-refractivity contribution is 6.35. The summed E-state index contributed by atoms with van der Waals surface area (Å²) in [5.41, 5.74) is 6.21. The van der Waals surface area contributed by atoms with E-state index in [0.29, 0.717) is 21.3 Å². The van der Waals surface area contributed by atoms with Crippen LogP contribution in [0.15, 0.2) is 68.0 Å². The molecule has 3 heteroatoms. The minimum Gasteiger partial charge on any atom is -0.253 e. The summed E-state index contributed by atoms with van der Waals surface area (Å²) in [5.74, 6) is 0. The first-order valence-corrected chi connectivity index (χ1v) is 5.50. The molecule has 0 spiro atoms. The number of hydrogen-bond acceptors (Lipinski definition) is 1. The molecule has 1 heterocycles. The van der Waals surface area contributed by atoms with Crippen molar-refractivity contribution in [2.24, 2.45) is 4.99 Å². The maximum Gasteiger partial charge on any atom is 0.109 e. The standard InChI is InChI=1S/C13H9Cl2N/c1-8-3-4-10-6-11(14)9(2)7-16-13(10)12(15)5-8/h3-4,6-7H,2H2,1H3. The fourth-order valence-corrected chi connectivity index (χ4v) is 1.85. The number of hydrogen-bond donors (Lipinski definition) is 0. The van der Waals surface area contributed by atoms with Gasteiger partial charge in [0.25, 0.3) is 0 Å². The molecule has 0 saturated heterocycles. The van der Waals surface area contributed by atoms with E-state index >= 15 is 0 Å². The molecule has 2 rings (SSSR count). The van der Waals surface area contributed by atoms with Crippen LogP contribution in [-0.2, 0) is 0 Å². The number of allylic oxidation sites excluding steroid dienone is 7. The van der Waals surface area contributed by atoms with Crippen molar-refractivity contribution in [1.29, 1.82) is 0 Å². The number of halogens is 2. The summed E-state index contributed by atoms with van der Waals surface area (Å²) in [6.07, 6.45) is 7.27. The van der Waals surface area contributed by atoms with E-state index in [4.69, 9.17) is 23.2 Å². The molecule has 0 saturated carbocycles. The molecule has 0 radical (unpaired) electrons. The first-order valence-electron chi connectivity index (χ1n) is 4.74. The summed E-state index contributed by atoms with van der Waals surface area (Å²) in [4.78, 5) is 4.27. The van der Waals surface area contributed by atoms with Crippen molar-refractivity contribution in [2.45, 2.75) is 6.92 Å². The van der Waals surface area contributed by atoms with Crippen molar-refractivity contribution in [3.8, 4) is 0 Å². The first kappa shape index (κ1) is 11.2. The van der Waals surface area contributed by atoms with E-state index in [1.165, 1.54) is 0 Å². The topological polar surface area (TPSA) is 12.4 Å². The van der Waals surface area contributed by atoms with Crippen LogP contribution >= 0.6 is 23.2 Å². The molecule has 0 fully saturated rings. The lowest BCUT2D eigenvalue weighted by atomic mass is 10.1. The molecule has 16 heavy (non-hydrogen) atoms. The number of nitrogens with zero attached hydrogens (tertiary/aromatic N) is 1. The molecule has 1 aliphatic carbocycles. The minimum atomic E-state index is 0.490. The predicted octanol–water partition coefficient (Wildman–Crippen LogP) is 4.24. The molecular weight excluding hydrogens is 241 g/mol. The van der Waals surface area contributed by atoms with Gasteiger partial charge in [-0.15, -0.1) is 0 Å². The van der Waals surface area contributed by atoms with Crippen molar-refractivity contribution in [1.82, 2.24) is 0 Å². The van der Waals surface area contributed by atoms with E-state index in [0.717, 1.165) is 11.1 Å². The molecule has 0 N–H and O–H groups in total. The van der Waals surface area contributed by atoms with E-state index in [9.17, 15) is 0 Å². The maximum atomic E-state index is 6.13. The SMILES string of the molecule is C=C1C=NC2=C(C=CC(C)=C=C2Cl)C=C1Cl. The average Bonchev–Trinajstić information content (AvgIpc) is 2.44. The van der Waals surface area contributed by atoms with Gasteiger partial charge in [-0.25, -0.2) is 0 Å². The van der Waals surface area contributed by atoms with Gasteiger partial charge in [0.2, 0.25) is 0 Å². The van der Waals surface area contributed by atoms with Gasteiger partial charge in [-0.2, -0.15) is 0 Å². The van der Waals surface area contributed by atoms with Gasteiger partial charge in [0.05, 0.1) is 5.70 Å². The van der Waals surface area contributed by atoms with Crippen LogP contribution in [0.5, 0.6) is 0 Å². The third-order valence-corrected chi connectivity index (χ3v) is 2.86. The molecule has 0 amide bonds. The highest BCUT2D eigenvalue weighted by Gasteiger charge is 2.12. The number of rotatable bonds is 0. The van der Waals surface area contributed by atoms with Crippen molar-refractivity contribution in [3.05, 3.63) is 63.0 Å². The van der Waals surface area contributed by atoms with Gasteiger partial charge in [0.15, 0.2) is 0 Å². The Hall–Kier alpha value is -1.27. The maximum absolute atomic E-state index is 6.13. The molecule has 2 aliphatic rings. The normalized spacial score (nSPS) is 19.7. The minimum absolute atomic E-state index is 0.490. The Kier molecular flexibility index (Phi) is 3.02. The lowest BCUT2D eigenvalue weighted by Crippen LogP contribution is -1.82. The van der Waals surface area contributed by atoms with Gasteiger partial charge in [-0.05, 0) is 18.6 Å². The Balaban J connectivity index is 2.66. The van der Waals surface area contributed by atoms with Gasteiger partial charge in [0.1, 0.15) is 5.03 Å². The van der Waals surface area contributed by atoms with Crippen molar-refractivity contribution in [3.63, 3.8) is 0 Å². The quantitative estimate of drug-likeness (QED) is 0.570. The van der Waals surface area contributed by atoms with Crippen LogP contribution < -0.4 is 0 Å². The molecule has 1 nitrogen and oxygen atoms in total. The van der Waals surface area contributed by atoms with Gasteiger partial charge >= 0.3 is 0 Å². The Labute approximate surface area is 104 Å². The van der Waals surface area contributed by atoms with Crippen molar-refractivity contribution < 1.29 is 0 Å². The second kappa shape index (κ2) is 4.31. The highest BCUT2D eigenvalue weighted by atomic mass is 35.5. The summed E-state index contributed by atoms with van der Waals surface area (Å²) in [6.45, 7) is 5.73. The molecule has 0 aromatic rings. The third-order valence-electron chi connectivity index (χ3n) is 2.24. The van der Waals surface area contributed by atoms with E-state index < -0.39 is 0 Å². The zero-order valence-corrected chi connectivity index (χ0v) is 10.2. The van der Waals surface area contributed by atoms with Gasteiger partial charge in [-0.3, -0.25) is 4.99 Å². The van der Waals surface area contributed by atoms with Crippen LogP contribution in [0.2, 0.25) is 0 Å².